The molecule has 4 atom stereocenters. The van der Waals surface area contributed by atoms with E-state index in [1.807, 2.05) is 44.4 Å². The smallest absolute Gasteiger partial charge is 0.353 e. The standard InChI is InChI=1S/C26H29NO2.C9H11FN2O5/c1-4-25(20-9-6-5-7-10-20)26(22-11-8-12-23(28)19-22)21-13-15-24(16-14-21)29-18-17-27(2)3;1-3-5(13)6(14)8(17-3)12-2-4(10)7(15)11-9(12)16/h5-16,19,28H,4,17-18H2,1-3H3;2-3,5-6,8,13-14H,1H3,(H,11,15,16)/b26-25+;/t;3-,5-,6-,8-/m.1/s1. The highest BCUT2D eigenvalue weighted by molar-refractivity contribution is 5.98. The Kier molecular flexibility index (Phi) is 11.7. The fourth-order valence-electron chi connectivity index (χ4n) is 5.08. The van der Waals surface area contributed by atoms with E-state index in [0.29, 0.717) is 17.4 Å². The zero-order valence-corrected chi connectivity index (χ0v) is 26.2. The molecule has 244 valence electrons. The topological polar surface area (TPSA) is 138 Å². The maximum Gasteiger partial charge on any atom is 0.353 e. The van der Waals surface area contributed by atoms with E-state index in [9.17, 15) is 24.5 Å². The second-order valence-electron chi connectivity index (χ2n) is 11.1. The molecule has 5 rings (SSSR count). The number of aromatic nitrogens is 2. The largest absolute Gasteiger partial charge is 0.508 e. The Balaban J connectivity index is 0.000000240. The second kappa shape index (κ2) is 15.6. The van der Waals surface area contributed by atoms with Gasteiger partial charge in [0.05, 0.1) is 12.3 Å². The molecular weight excluding hydrogens is 593 g/mol. The summed E-state index contributed by atoms with van der Waals surface area (Å²) in [7, 11) is 4.07. The number of hydrogen-bond acceptors (Lipinski definition) is 9. The molecule has 4 aromatic rings. The van der Waals surface area contributed by atoms with Crippen LogP contribution in [0, 0.1) is 5.82 Å². The van der Waals surface area contributed by atoms with Crippen molar-refractivity contribution in [2.75, 3.05) is 27.2 Å². The van der Waals surface area contributed by atoms with Gasteiger partial charge >= 0.3 is 5.69 Å². The van der Waals surface area contributed by atoms with Gasteiger partial charge in [0.1, 0.15) is 30.3 Å². The predicted octanol–water partition coefficient (Wildman–Crippen LogP) is 4.43. The van der Waals surface area contributed by atoms with Gasteiger partial charge in [0, 0.05) is 6.54 Å². The van der Waals surface area contributed by atoms with Crippen LogP contribution in [0.1, 0.15) is 43.2 Å². The fraction of sp³-hybridized carbons (Fsp3) is 0.314. The summed E-state index contributed by atoms with van der Waals surface area (Å²) in [6.45, 7) is 5.21. The molecule has 1 fully saturated rings. The molecule has 0 unspecified atom stereocenters. The molecule has 0 aliphatic carbocycles. The number of allylic oxidation sites excluding steroid dienone is 1. The van der Waals surface area contributed by atoms with Gasteiger partial charge in [0.25, 0.3) is 5.88 Å². The molecule has 1 aromatic heterocycles. The lowest BCUT2D eigenvalue weighted by Crippen LogP contribution is -2.35. The van der Waals surface area contributed by atoms with Gasteiger partial charge in [0.2, 0.25) is 5.82 Å². The van der Waals surface area contributed by atoms with Crippen LogP contribution < -0.4 is 10.4 Å². The second-order valence-corrected chi connectivity index (χ2v) is 11.1. The lowest BCUT2D eigenvalue weighted by Gasteiger charge is -2.17. The maximum atomic E-state index is 13.1. The lowest BCUT2D eigenvalue weighted by molar-refractivity contribution is -0.0357. The van der Waals surface area contributed by atoms with Gasteiger partial charge in [-0.3, -0.25) is 4.57 Å². The molecule has 0 spiro atoms. The van der Waals surface area contributed by atoms with E-state index < -0.39 is 41.9 Å². The number of benzene rings is 3. The summed E-state index contributed by atoms with van der Waals surface area (Å²) in [5, 5.41) is 38.0. The van der Waals surface area contributed by atoms with Crippen LogP contribution in [0.5, 0.6) is 17.4 Å². The van der Waals surface area contributed by atoms with Crippen LogP contribution in [-0.4, -0.2) is 80.4 Å². The van der Waals surface area contributed by atoms with E-state index in [4.69, 9.17) is 14.6 Å². The van der Waals surface area contributed by atoms with E-state index in [1.165, 1.54) is 18.1 Å². The average molecular weight is 634 g/mol. The van der Waals surface area contributed by atoms with Gasteiger partial charge in [0.15, 0.2) is 6.23 Å². The molecule has 10 nitrogen and oxygen atoms in total. The molecule has 4 N–H and O–H groups in total. The van der Waals surface area contributed by atoms with E-state index >= 15 is 0 Å². The number of hydrogen-bond donors (Lipinski definition) is 4. The number of aromatic hydroxyl groups is 2. The first-order valence-corrected chi connectivity index (χ1v) is 14.9. The molecule has 1 saturated heterocycles. The van der Waals surface area contributed by atoms with Gasteiger partial charge in [-0.1, -0.05) is 61.5 Å². The first-order chi connectivity index (χ1) is 22.0. The van der Waals surface area contributed by atoms with Crippen LogP contribution in [0.3, 0.4) is 0 Å². The zero-order chi connectivity index (χ0) is 33.4. The SMILES string of the molecule is CC/C(=C(/c1ccc(OCCN(C)C)cc1)c1cccc(O)c1)c1ccccc1.C[C@H]1O[C@@H](n2cc(F)c(O)nc2=O)[C@H](O)[C@@H]1O. The van der Waals surface area contributed by atoms with Crippen LogP contribution in [0.25, 0.3) is 11.1 Å². The summed E-state index contributed by atoms with van der Waals surface area (Å²) in [6, 6.07) is 26.2. The monoisotopic (exact) mass is 633 g/mol. The highest BCUT2D eigenvalue weighted by Gasteiger charge is 2.42. The van der Waals surface area contributed by atoms with Crippen molar-refractivity contribution in [1.29, 1.82) is 0 Å². The van der Waals surface area contributed by atoms with Gasteiger partial charge in [-0.05, 0) is 79.5 Å². The molecule has 1 aliphatic heterocycles. The zero-order valence-electron chi connectivity index (χ0n) is 26.2. The molecule has 0 bridgehead atoms. The van der Waals surface area contributed by atoms with Crippen LogP contribution >= 0.6 is 0 Å². The Morgan fingerprint density at radius 2 is 1.63 bits per heavy atom. The minimum atomic E-state index is -1.37. The van der Waals surface area contributed by atoms with Crippen molar-refractivity contribution < 1.29 is 34.3 Å². The number of phenols is 1. The van der Waals surface area contributed by atoms with E-state index in [1.54, 1.807) is 6.07 Å². The number of ether oxygens (including phenoxy) is 2. The molecule has 0 saturated carbocycles. The molecular formula is C35H40FN3O7. The third-order valence-electron chi connectivity index (χ3n) is 7.50. The molecule has 3 aromatic carbocycles. The van der Waals surface area contributed by atoms with Gasteiger partial charge in [-0.2, -0.15) is 9.37 Å². The van der Waals surface area contributed by atoms with E-state index in [0.717, 1.165) is 35.4 Å². The maximum absolute atomic E-state index is 13.1. The van der Waals surface area contributed by atoms with Crippen molar-refractivity contribution >= 4 is 11.1 Å². The molecule has 0 amide bonds. The highest BCUT2D eigenvalue weighted by atomic mass is 19.1. The number of nitrogens with zero attached hydrogens (tertiary/aromatic N) is 3. The summed E-state index contributed by atoms with van der Waals surface area (Å²) in [4.78, 5) is 16.5. The van der Waals surface area contributed by atoms with Gasteiger partial charge in [-0.25, -0.2) is 4.79 Å². The van der Waals surface area contributed by atoms with Crippen molar-refractivity contribution in [2.24, 2.45) is 0 Å². The van der Waals surface area contributed by atoms with Crippen LogP contribution in [0.15, 0.2) is 89.9 Å². The van der Waals surface area contributed by atoms with Gasteiger partial charge in [-0.15, -0.1) is 0 Å². The fourth-order valence-corrected chi connectivity index (χ4v) is 5.08. The van der Waals surface area contributed by atoms with Gasteiger partial charge < -0.3 is 34.8 Å². The van der Waals surface area contributed by atoms with Crippen molar-refractivity contribution in [1.82, 2.24) is 14.5 Å². The molecule has 2 heterocycles. The third-order valence-corrected chi connectivity index (χ3v) is 7.50. The Hall–Kier alpha value is -4.55. The van der Waals surface area contributed by atoms with Crippen LogP contribution in [-0.2, 0) is 4.74 Å². The third kappa shape index (κ3) is 8.38. The number of aliphatic hydroxyl groups excluding tert-OH is 2. The molecule has 46 heavy (non-hydrogen) atoms. The molecule has 1 aliphatic rings. The Morgan fingerprint density at radius 3 is 2.22 bits per heavy atom. The Bertz CT molecular complexity index is 1680. The number of phenolic OH excluding ortho intramolecular Hbond substituents is 1. The van der Waals surface area contributed by atoms with Crippen molar-refractivity contribution in [3.8, 4) is 17.4 Å². The summed E-state index contributed by atoms with van der Waals surface area (Å²) in [5.41, 5.74) is 4.71. The van der Waals surface area contributed by atoms with Crippen molar-refractivity contribution in [2.45, 2.75) is 44.8 Å². The summed E-state index contributed by atoms with van der Waals surface area (Å²) in [5.74, 6) is -1.00. The number of rotatable bonds is 9. The highest BCUT2D eigenvalue weighted by Crippen LogP contribution is 2.36. The van der Waals surface area contributed by atoms with E-state index in [2.05, 4.69) is 59.3 Å². The Labute approximate surface area is 267 Å². The summed E-state index contributed by atoms with van der Waals surface area (Å²) < 4.78 is 24.7. The molecule has 0 radical (unpaired) electrons. The minimum absolute atomic E-state index is 0.271. The van der Waals surface area contributed by atoms with Crippen LogP contribution in [0.4, 0.5) is 4.39 Å². The Morgan fingerprint density at radius 1 is 0.957 bits per heavy atom. The normalized spacial score (nSPS) is 19.7. The first kappa shape index (κ1) is 34.3. The first-order valence-electron chi connectivity index (χ1n) is 14.9. The predicted molar refractivity (Wildman–Crippen MR) is 173 cm³/mol. The summed E-state index contributed by atoms with van der Waals surface area (Å²) >= 11 is 0. The van der Waals surface area contributed by atoms with Crippen molar-refractivity contribution in [3.05, 3.63) is 118 Å². The van der Waals surface area contributed by atoms with Crippen LogP contribution in [0.2, 0.25) is 0 Å². The lowest BCUT2D eigenvalue weighted by atomic mass is 9.88. The number of halogens is 1. The molecule has 11 heteroatoms. The van der Waals surface area contributed by atoms with Crippen molar-refractivity contribution in [3.63, 3.8) is 0 Å². The summed E-state index contributed by atoms with van der Waals surface area (Å²) in [6.07, 6.45) is -2.91. The number of aliphatic hydroxyl groups is 2. The van der Waals surface area contributed by atoms with E-state index in [-0.39, 0.29) is 5.75 Å². The minimum Gasteiger partial charge on any atom is -0.508 e. The average Bonchev–Trinajstić information content (AvgIpc) is 3.29. The number of likely N-dealkylation sites (N-methyl/N-ethyl adjacent to an activating group) is 1. The quantitative estimate of drug-likeness (QED) is 0.197.